The van der Waals surface area contributed by atoms with Crippen molar-refractivity contribution in [3.8, 4) is 0 Å². The lowest BCUT2D eigenvalue weighted by Crippen LogP contribution is -2.25. The first kappa shape index (κ1) is 13.7. The van der Waals surface area contributed by atoms with E-state index in [0.717, 1.165) is 0 Å². The van der Waals surface area contributed by atoms with E-state index < -0.39 is 0 Å². The van der Waals surface area contributed by atoms with Crippen molar-refractivity contribution < 1.29 is 4.79 Å². The first-order valence-electron chi connectivity index (χ1n) is 6.06. The summed E-state index contributed by atoms with van der Waals surface area (Å²) in [5, 5.41) is 0. The predicted octanol–water partition coefficient (Wildman–Crippen LogP) is 4.38. The lowest BCUT2D eigenvalue weighted by atomic mass is 9.72. The van der Waals surface area contributed by atoms with Crippen molar-refractivity contribution in [1.29, 1.82) is 0 Å². The molecule has 1 aliphatic carbocycles. The molecule has 0 aromatic heterocycles. The Bertz CT molecular complexity index is 417. The molecule has 1 heteroatoms. The minimum absolute atomic E-state index is 0.0373. The molecule has 0 bridgehead atoms. The fourth-order valence-electron chi connectivity index (χ4n) is 2.44. The standard InChI is InChI=1S/C16H22O/c1-6-7-12(2)8-9-15-13(3)10-14(17)11-16(15,4)5/h6-9H,1,10-11H2,2-5H3/b9-8+,12-7+. The average molecular weight is 230 g/mol. The van der Waals surface area contributed by atoms with Gasteiger partial charge in [0.25, 0.3) is 0 Å². The van der Waals surface area contributed by atoms with Crippen molar-refractivity contribution in [2.45, 2.75) is 40.5 Å². The summed E-state index contributed by atoms with van der Waals surface area (Å²) in [4.78, 5) is 11.6. The smallest absolute Gasteiger partial charge is 0.137 e. The van der Waals surface area contributed by atoms with Crippen LogP contribution in [0.15, 0.2) is 47.6 Å². The van der Waals surface area contributed by atoms with Gasteiger partial charge in [0.2, 0.25) is 0 Å². The summed E-state index contributed by atoms with van der Waals surface area (Å²) in [5.41, 5.74) is 3.64. The molecular weight excluding hydrogens is 208 g/mol. The lowest BCUT2D eigenvalue weighted by Gasteiger charge is -2.32. The molecule has 0 radical (unpaired) electrons. The van der Waals surface area contributed by atoms with Gasteiger partial charge in [0.1, 0.15) is 5.78 Å². The Hall–Kier alpha value is -1.37. The van der Waals surface area contributed by atoms with E-state index in [1.807, 2.05) is 6.08 Å². The second kappa shape index (κ2) is 5.31. The molecule has 0 aromatic carbocycles. The molecule has 0 heterocycles. The number of Topliss-reactive ketones (excluding diaryl/α,β-unsaturated/α-hetero) is 1. The highest BCUT2D eigenvalue weighted by atomic mass is 16.1. The number of ketones is 1. The quantitative estimate of drug-likeness (QED) is 0.657. The van der Waals surface area contributed by atoms with Crippen LogP contribution >= 0.6 is 0 Å². The molecule has 1 nitrogen and oxygen atoms in total. The van der Waals surface area contributed by atoms with Crippen LogP contribution in [-0.4, -0.2) is 5.78 Å². The van der Waals surface area contributed by atoms with Gasteiger partial charge in [-0.1, -0.05) is 55.9 Å². The topological polar surface area (TPSA) is 17.1 Å². The summed E-state index contributed by atoms with van der Waals surface area (Å²) < 4.78 is 0. The van der Waals surface area contributed by atoms with Crippen LogP contribution in [0.2, 0.25) is 0 Å². The van der Waals surface area contributed by atoms with Gasteiger partial charge < -0.3 is 0 Å². The van der Waals surface area contributed by atoms with E-state index in [4.69, 9.17) is 0 Å². The van der Waals surface area contributed by atoms with Gasteiger partial charge in [-0.3, -0.25) is 4.79 Å². The summed E-state index contributed by atoms with van der Waals surface area (Å²) in [5.74, 6) is 0.350. The summed E-state index contributed by atoms with van der Waals surface area (Å²) in [6, 6.07) is 0. The zero-order valence-electron chi connectivity index (χ0n) is 11.3. The minimum Gasteiger partial charge on any atom is -0.299 e. The van der Waals surface area contributed by atoms with Crippen molar-refractivity contribution in [3.63, 3.8) is 0 Å². The van der Waals surface area contributed by atoms with Crippen LogP contribution in [0.4, 0.5) is 0 Å². The maximum absolute atomic E-state index is 11.6. The maximum atomic E-state index is 11.6. The summed E-state index contributed by atoms with van der Waals surface area (Å²) in [6.07, 6.45) is 9.26. The Balaban J connectivity index is 3.02. The lowest BCUT2D eigenvalue weighted by molar-refractivity contribution is -0.120. The highest BCUT2D eigenvalue weighted by Gasteiger charge is 2.30. The third-order valence-electron chi connectivity index (χ3n) is 3.18. The molecule has 0 saturated carbocycles. The molecule has 0 fully saturated rings. The van der Waals surface area contributed by atoms with E-state index in [9.17, 15) is 4.79 Å². The van der Waals surface area contributed by atoms with Crippen LogP contribution in [-0.2, 0) is 4.79 Å². The molecule has 1 aliphatic rings. The van der Waals surface area contributed by atoms with Gasteiger partial charge in [0.05, 0.1) is 0 Å². The Labute approximate surface area is 105 Å². The maximum Gasteiger partial charge on any atom is 0.137 e. The Kier molecular flexibility index (Phi) is 4.28. The first-order chi connectivity index (χ1) is 7.86. The highest BCUT2D eigenvalue weighted by Crippen LogP contribution is 2.39. The summed E-state index contributed by atoms with van der Waals surface area (Å²) in [6.45, 7) is 12.1. The zero-order valence-corrected chi connectivity index (χ0v) is 11.3. The number of rotatable bonds is 3. The van der Waals surface area contributed by atoms with Crippen molar-refractivity contribution in [2.24, 2.45) is 5.41 Å². The number of carbonyl (C=O) groups is 1. The van der Waals surface area contributed by atoms with Crippen LogP contribution in [0.3, 0.4) is 0 Å². The molecule has 0 spiro atoms. The molecular formula is C16H22O. The molecule has 92 valence electrons. The van der Waals surface area contributed by atoms with Crippen LogP contribution in [0, 0.1) is 5.41 Å². The number of hydrogen-bond donors (Lipinski definition) is 0. The molecule has 0 atom stereocenters. The third-order valence-corrected chi connectivity index (χ3v) is 3.18. The van der Waals surface area contributed by atoms with Gasteiger partial charge >= 0.3 is 0 Å². The summed E-state index contributed by atoms with van der Waals surface area (Å²) in [7, 11) is 0. The van der Waals surface area contributed by atoms with Gasteiger partial charge in [-0.25, -0.2) is 0 Å². The van der Waals surface area contributed by atoms with Crippen molar-refractivity contribution in [1.82, 2.24) is 0 Å². The zero-order chi connectivity index (χ0) is 13.1. The van der Waals surface area contributed by atoms with E-state index in [0.29, 0.717) is 18.6 Å². The van der Waals surface area contributed by atoms with Crippen molar-refractivity contribution >= 4 is 5.78 Å². The Morgan fingerprint density at radius 1 is 1.41 bits per heavy atom. The first-order valence-corrected chi connectivity index (χ1v) is 6.06. The van der Waals surface area contributed by atoms with E-state index in [1.54, 1.807) is 6.08 Å². The van der Waals surface area contributed by atoms with Crippen molar-refractivity contribution in [2.75, 3.05) is 0 Å². The molecule has 1 rings (SSSR count). The second-order valence-electron chi connectivity index (χ2n) is 5.45. The predicted molar refractivity (Wildman–Crippen MR) is 73.8 cm³/mol. The van der Waals surface area contributed by atoms with Gasteiger partial charge in [-0.2, -0.15) is 0 Å². The second-order valence-corrected chi connectivity index (χ2v) is 5.45. The van der Waals surface area contributed by atoms with Gasteiger partial charge in [-0.05, 0) is 24.8 Å². The molecule has 0 aliphatic heterocycles. The molecule has 0 amide bonds. The number of hydrogen-bond acceptors (Lipinski definition) is 1. The van der Waals surface area contributed by atoms with Crippen molar-refractivity contribution in [3.05, 3.63) is 47.6 Å². The minimum atomic E-state index is -0.0373. The normalized spacial score (nSPS) is 21.2. The fraction of sp³-hybridized carbons (Fsp3) is 0.438. The van der Waals surface area contributed by atoms with E-state index in [1.165, 1.54) is 16.7 Å². The molecule has 0 aromatic rings. The largest absolute Gasteiger partial charge is 0.299 e. The van der Waals surface area contributed by atoms with Gasteiger partial charge in [0.15, 0.2) is 0 Å². The van der Waals surface area contributed by atoms with Crippen LogP contribution in [0.25, 0.3) is 0 Å². The molecule has 0 unspecified atom stereocenters. The third kappa shape index (κ3) is 3.55. The van der Waals surface area contributed by atoms with Crippen LogP contribution in [0.1, 0.15) is 40.5 Å². The van der Waals surface area contributed by atoms with Gasteiger partial charge in [0, 0.05) is 12.8 Å². The van der Waals surface area contributed by atoms with Gasteiger partial charge in [-0.15, -0.1) is 0 Å². The fourth-order valence-corrected chi connectivity index (χ4v) is 2.44. The number of carbonyl (C=O) groups excluding carboxylic acids is 1. The Morgan fingerprint density at radius 3 is 2.59 bits per heavy atom. The monoisotopic (exact) mass is 230 g/mol. The van der Waals surface area contributed by atoms with Crippen LogP contribution in [0.5, 0.6) is 0 Å². The molecule has 0 saturated heterocycles. The van der Waals surface area contributed by atoms with Crippen LogP contribution < -0.4 is 0 Å². The van der Waals surface area contributed by atoms with E-state index in [2.05, 4.69) is 46.4 Å². The average Bonchev–Trinajstić information content (AvgIpc) is 2.14. The molecule has 17 heavy (non-hydrogen) atoms. The Morgan fingerprint density at radius 2 is 2.06 bits per heavy atom. The van der Waals surface area contributed by atoms with E-state index >= 15 is 0 Å². The highest BCUT2D eigenvalue weighted by molar-refractivity contribution is 5.84. The SMILES string of the molecule is C=C/C=C(C)/C=C/C1=C(C)CC(=O)CC1(C)C. The van der Waals surface area contributed by atoms with E-state index in [-0.39, 0.29) is 5.41 Å². The molecule has 0 N–H and O–H groups in total. The number of allylic oxidation sites excluding steroid dienone is 7. The summed E-state index contributed by atoms with van der Waals surface area (Å²) >= 11 is 0.